The van der Waals surface area contributed by atoms with E-state index < -0.39 is 0 Å². The first-order valence-corrected chi connectivity index (χ1v) is 5.48. The van der Waals surface area contributed by atoms with Crippen molar-refractivity contribution < 1.29 is 0 Å². The minimum atomic E-state index is 0.840. The molecule has 0 saturated heterocycles. The first kappa shape index (κ1) is 12.3. The number of nitrogens with zero attached hydrogens (tertiary/aromatic N) is 1. The van der Waals surface area contributed by atoms with E-state index in [1.54, 1.807) is 0 Å². The lowest BCUT2D eigenvalue weighted by Crippen LogP contribution is -2.22. The fourth-order valence-electron chi connectivity index (χ4n) is 1.61. The second-order valence-electron chi connectivity index (χ2n) is 3.64. The lowest BCUT2D eigenvalue weighted by molar-refractivity contribution is 0.956. The van der Waals surface area contributed by atoms with Crippen LogP contribution in [0.5, 0.6) is 0 Å². The van der Waals surface area contributed by atoms with Gasteiger partial charge < -0.3 is 4.90 Å². The van der Waals surface area contributed by atoms with Gasteiger partial charge in [-0.25, -0.2) is 0 Å². The third-order valence-electron chi connectivity index (χ3n) is 2.38. The van der Waals surface area contributed by atoms with Gasteiger partial charge in [0, 0.05) is 18.8 Å². The maximum Gasteiger partial charge on any atom is 0.0372 e. The van der Waals surface area contributed by atoms with Crippen molar-refractivity contribution in [2.45, 2.75) is 6.42 Å². The highest BCUT2D eigenvalue weighted by Crippen LogP contribution is 2.15. The molecule has 1 aromatic carbocycles. The van der Waals surface area contributed by atoms with Gasteiger partial charge in [0.15, 0.2) is 0 Å². The molecule has 1 aromatic rings. The molecule has 84 valence electrons. The molecule has 0 bridgehead atoms. The van der Waals surface area contributed by atoms with Crippen molar-refractivity contribution in [3.8, 4) is 0 Å². The SMILES string of the molecule is C=CCc1ccc(N(CC=C)CC=C)cc1. The van der Waals surface area contributed by atoms with Gasteiger partial charge in [0.05, 0.1) is 0 Å². The van der Waals surface area contributed by atoms with Gasteiger partial charge in [0.2, 0.25) is 0 Å². The molecule has 16 heavy (non-hydrogen) atoms. The van der Waals surface area contributed by atoms with E-state index in [2.05, 4.69) is 48.9 Å². The maximum atomic E-state index is 3.77. The zero-order valence-corrected chi connectivity index (χ0v) is 9.73. The average molecular weight is 213 g/mol. The summed E-state index contributed by atoms with van der Waals surface area (Å²) in [6.45, 7) is 12.9. The van der Waals surface area contributed by atoms with Crippen LogP contribution >= 0.6 is 0 Å². The van der Waals surface area contributed by atoms with Gasteiger partial charge in [-0.1, -0.05) is 30.4 Å². The average Bonchev–Trinajstić information content (AvgIpc) is 2.30. The molecule has 0 aliphatic rings. The lowest BCUT2D eigenvalue weighted by atomic mass is 10.1. The number of hydrogen-bond donors (Lipinski definition) is 0. The molecule has 0 saturated carbocycles. The highest BCUT2D eigenvalue weighted by atomic mass is 15.1. The van der Waals surface area contributed by atoms with E-state index in [1.165, 1.54) is 11.3 Å². The molecular formula is C15H19N. The van der Waals surface area contributed by atoms with Crippen LogP contribution < -0.4 is 4.90 Å². The van der Waals surface area contributed by atoms with Crippen LogP contribution in [0.1, 0.15) is 5.56 Å². The second kappa shape index (κ2) is 6.67. The molecule has 1 rings (SSSR count). The second-order valence-corrected chi connectivity index (χ2v) is 3.64. The Hall–Kier alpha value is -1.76. The van der Waals surface area contributed by atoms with Crippen molar-refractivity contribution in [2.75, 3.05) is 18.0 Å². The normalized spacial score (nSPS) is 9.50. The summed E-state index contributed by atoms with van der Waals surface area (Å²) in [4.78, 5) is 2.22. The van der Waals surface area contributed by atoms with Crippen LogP contribution in [0, 0.1) is 0 Å². The first-order valence-electron chi connectivity index (χ1n) is 5.48. The Labute approximate surface area is 98.4 Å². The van der Waals surface area contributed by atoms with Gasteiger partial charge in [-0.05, 0) is 24.1 Å². The van der Waals surface area contributed by atoms with Crippen molar-refractivity contribution in [3.63, 3.8) is 0 Å². The third-order valence-corrected chi connectivity index (χ3v) is 2.38. The van der Waals surface area contributed by atoms with E-state index in [9.17, 15) is 0 Å². The van der Waals surface area contributed by atoms with Gasteiger partial charge in [0.25, 0.3) is 0 Å². The van der Waals surface area contributed by atoms with E-state index >= 15 is 0 Å². The molecule has 0 spiro atoms. The largest absolute Gasteiger partial charge is 0.364 e. The molecule has 0 aliphatic heterocycles. The number of hydrogen-bond acceptors (Lipinski definition) is 1. The molecular weight excluding hydrogens is 194 g/mol. The first-order chi connectivity index (χ1) is 7.81. The lowest BCUT2D eigenvalue weighted by Gasteiger charge is -2.21. The Kier molecular flexibility index (Phi) is 5.13. The van der Waals surface area contributed by atoms with Crippen LogP contribution in [0.25, 0.3) is 0 Å². The molecule has 0 N–H and O–H groups in total. The van der Waals surface area contributed by atoms with Crippen LogP contribution in [0.15, 0.2) is 62.2 Å². The Morgan fingerprint density at radius 3 is 1.88 bits per heavy atom. The van der Waals surface area contributed by atoms with Crippen molar-refractivity contribution >= 4 is 5.69 Å². The topological polar surface area (TPSA) is 3.24 Å². The fraction of sp³-hybridized carbons (Fsp3) is 0.200. The minimum absolute atomic E-state index is 0.840. The molecule has 0 amide bonds. The summed E-state index contributed by atoms with van der Waals surface area (Å²) in [5.74, 6) is 0. The summed E-state index contributed by atoms with van der Waals surface area (Å²) < 4.78 is 0. The Morgan fingerprint density at radius 2 is 1.44 bits per heavy atom. The summed E-state index contributed by atoms with van der Waals surface area (Å²) >= 11 is 0. The van der Waals surface area contributed by atoms with Crippen molar-refractivity contribution in [3.05, 3.63) is 67.8 Å². The van der Waals surface area contributed by atoms with E-state index in [-0.39, 0.29) is 0 Å². The van der Waals surface area contributed by atoms with Crippen molar-refractivity contribution in [1.29, 1.82) is 0 Å². The van der Waals surface area contributed by atoms with Crippen molar-refractivity contribution in [2.24, 2.45) is 0 Å². The zero-order valence-electron chi connectivity index (χ0n) is 9.73. The Bertz CT molecular complexity index is 338. The number of benzene rings is 1. The van der Waals surface area contributed by atoms with E-state index in [0.717, 1.165) is 19.5 Å². The van der Waals surface area contributed by atoms with Gasteiger partial charge in [-0.15, -0.1) is 19.7 Å². The number of anilines is 1. The van der Waals surface area contributed by atoms with Crippen LogP contribution in [-0.4, -0.2) is 13.1 Å². The Balaban J connectivity index is 2.79. The van der Waals surface area contributed by atoms with E-state index in [1.807, 2.05) is 18.2 Å². The molecule has 0 atom stereocenters. The summed E-state index contributed by atoms with van der Waals surface area (Å²) in [5.41, 5.74) is 2.49. The van der Waals surface area contributed by atoms with Gasteiger partial charge in [0.1, 0.15) is 0 Å². The predicted molar refractivity (Wildman–Crippen MR) is 73.0 cm³/mol. The van der Waals surface area contributed by atoms with Gasteiger partial charge in [-0.2, -0.15) is 0 Å². The van der Waals surface area contributed by atoms with Gasteiger partial charge >= 0.3 is 0 Å². The Morgan fingerprint density at radius 1 is 0.875 bits per heavy atom. The van der Waals surface area contributed by atoms with Crippen LogP contribution in [0.2, 0.25) is 0 Å². The molecule has 0 radical (unpaired) electrons. The standard InChI is InChI=1S/C15H19N/c1-4-7-14-8-10-15(11-9-14)16(12-5-2)13-6-3/h4-6,8-11H,1-3,7,12-13H2. The maximum absolute atomic E-state index is 3.77. The molecule has 0 fully saturated rings. The zero-order chi connectivity index (χ0) is 11.8. The highest BCUT2D eigenvalue weighted by molar-refractivity contribution is 5.48. The fourth-order valence-corrected chi connectivity index (χ4v) is 1.61. The molecule has 0 aliphatic carbocycles. The summed E-state index contributed by atoms with van der Waals surface area (Å²) in [5, 5.41) is 0. The molecule has 0 unspecified atom stereocenters. The molecule has 1 nitrogen and oxygen atoms in total. The summed E-state index contributed by atoms with van der Waals surface area (Å²) in [6, 6.07) is 8.53. The monoisotopic (exact) mass is 213 g/mol. The quantitative estimate of drug-likeness (QED) is 0.626. The van der Waals surface area contributed by atoms with E-state index in [0.29, 0.717) is 0 Å². The number of rotatable bonds is 7. The van der Waals surface area contributed by atoms with Crippen molar-refractivity contribution in [1.82, 2.24) is 0 Å². The van der Waals surface area contributed by atoms with Crippen LogP contribution in [-0.2, 0) is 6.42 Å². The number of allylic oxidation sites excluding steroid dienone is 1. The summed E-state index contributed by atoms with van der Waals surface area (Å²) in [6.07, 6.45) is 6.64. The van der Waals surface area contributed by atoms with Gasteiger partial charge in [-0.3, -0.25) is 0 Å². The minimum Gasteiger partial charge on any atom is -0.364 e. The van der Waals surface area contributed by atoms with E-state index in [4.69, 9.17) is 0 Å². The highest BCUT2D eigenvalue weighted by Gasteiger charge is 2.01. The molecule has 0 heterocycles. The van der Waals surface area contributed by atoms with Crippen LogP contribution in [0.3, 0.4) is 0 Å². The smallest absolute Gasteiger partial charge is 0.0372 e. The third kappa shape index (κ3) is 3.43. The summed E-state index contributed by atoms with van der Waals surface area (Å²) in [7, 11) is 0. The molecule has 0 aromatic heterocycles. The predicted octanol–water partition coefficient (Wildman–Crippen LogP) is 3.59. The van der Waals surface area contributed by atoms with Crippen LogP contribution in [0.4, 0.5) is 5.69 Å². The molecule has 1 heteroatoms.